The number of piperidine rings is 1. The van der Waals surface area contributed by atoms with Gasteiger partial charge in [-0.15, -0.1) is 0 Å². The Hall–Kier alpha value is -2.33. The molecule has 0 radical (unpaired) electrons. The van der Waals surface area contributed by atoms with Crippen LogP contribution in [-0.2, 0) is 22.7 Å². The Kier molecular flexibility index (Phi) is 11.6. The highest BCUT2D eigenvalue weighted by molar-refractivity contribution is 5.79. The number of alkyl halides is 3. The zero-order chi connectivity index (χ0) is 25.0. The number of likely N-dealkylation sites (tertiary alicyclic amines) is 1. The summed E-state index contributed by atoms with van der Waals surface area (Å²) in [4.78, 5) is 28.9. The first-order chi connectivity index (χ1) is 16.2. The van der Waals surface area contributed by atoms with Crippen molar-refractivity contribution < 1.29 is 27.5 Å². The van der Waals surface area contributed by atoms with Crippen molar-refractivity contribution in [1.82, 2.24) is 20.4 Å². The molecule has 0 spiro atoms. The molecule has 0 unspecified atom stereocenters. The van der Waals surface area contributed by atoms with E-state index in [9.17, 15) is 22.8 Å². The average molecular weight is 487 g/mol. The van der Waals surface area contributed by atoms with Gasteiger partial charge in [0.1, 0.15) is 6.61 Å². The lowest BCUT2D eigenvalue weighted by Crippen LogP contribution is -2.46. The number of benzene rings is 1. The molecule has 7 nitrogen and oxygen atoms in total. The minimum Gasteiger partial charge on any atom is -0.367 e. The van der Waals surface area contributed by atoms with Crippen molar-refractivity contribution in [3.63, 3.8) is 0 Å². The van der Waals surface area contributed by atoms with E-state index in [4.69, 9.17) is 0 Å². The maximum Gasteiger partial charge on any atom is 0.411 e. The van der Waals surface area contributed by atoms with Gasteiger partial charge in [0.05, 0.1) is 6.61 Å². The van der Waals surface area contributed by atoms with Crippen molar-refractivity contribution in [2.45, 2.75) is 52.4 Å². The molecule has 1 aromatic carbocycles. The molecule has 1 fully saturated rings. The number of ether oxygens (including phenoxy) is 1. The van der Waals surface area contributed by atoms with Crippen LogP contribution in [0.2, 0.25) is 0 Å². The Morgan fingerprint density at radius 3 is 2.26 bits per heavy atom. The predicted octanol–water partition coefficient (Wildman–Crippen LogP) is 3.54. The molecule has 0 atom stereocenters. The van der Waals surface area contributed by atoms with Gasteiger partial charge >= 0.3 is 12.2 Å². The second-order valence-corrected chi connectivity index (χ2v) is 8.52. The molecular formula is C24H37F3N4O3. The summed E-state index contributed by atoms with van der Waals surface area (Å²) in [5.41, 5.74) is 1.47. The van der Waals surface area contributed by atoms with E-state index in [2.05, 4.69) is 34.1 Å². The van der Waals surface area contributed by atoms with Gasteiger partial charge < -0.3 is 25.2 Å². The van der Waals surface area contributed by atoms with Crippen molar-refractivity contribution in [1.29, 1.82) is 0 Å². The number of hydrogen-bond acceptors (Lipinski definition) is 4. The van der Waals surface area contributed by atoms with Gasteiger partial charge in [0.2, 0.25) is 5.91 Å². The number of amides is 3. The highest BCUT2D eigenvalue weighted by Gasteiger charge is 2.28. The highest BCUT2D eigenvalue weighted by Crippen LogP contribution is 2.18. The SMILES string of the molecule is CCN(CC)CCCNC(=O)C1CCN(C(=O)NCc2ccc(COCC(F)(F)F)cc2)CC1. The monoisotopic (exact) mass is 486 g/mol. The second-order valence-electron chi connectivity index (χ2n) is 8.52. The first kappa shape index (κ1) is 27.9. The topological polar surface area (TPSA) is 73.9 Å². The summed E-state index contributed by atoms with van der Waals surface area (Å²) in [6.45, 7) is 7.89. The van der Waals surface area contributed by atoms with Crippen molar-refractivity contribution in [3.05, 3.63) is 35.4 Å². The van der Waals surface area contributed by atoms with Gasteiger partial charge in [-0.1, -0.05) is 38.1 Å². The molecule has 0 bridgehead atoms. The summed E-state index contributed by atoms with van der Waals surface area (Å²) in [5, 5.41) is 5.88. The summed E-state index contributed by atoms with van der Waals surface area (Å²) in [6.07, 6.45) is -2.13. The lowest BCUT2D eigenvalue weighted by molar-refractivity contribution is -0.176. The van der Waals surface area contributed by atoms with E-state index in [0.29, 0.717) is 44.6 Å². The fourth-order valence-electron chi connectivity index (χ4n) is 3.87. The Morgan fingerprint density at radius 1 is 1.06 bits per heavy atom. The molecule has 1 heterocycles. The maximum absolute atomic E-state index is 12.5. The number of nitrogens with zero attached hydrogens (tertiary/aromatic N) is 2. The van der Waals surface area contributed by atoms with Crippen LogP contribution in [0, 0.1) is 5.92 Å². The molecular weight excluding hydrogens is 449 g/mol. The first-order valence-corrected chi connectivity index (χ1v) is 12.0. The molecule has 1 saturated heterocycles. The summed E-state index contributed by atoms with van der Waals surface area (Å²) < 4.78 is 41.0. The normalized spacial score (nSPS) is 14.9. The van der Waals surface area contributed by atoms with Crippen LogP contribution in [-0.4, -0.2) is 73.8 Å². The number of urea groups is 1. The number of hydrogen-bond donors (Lipinski definition) is 2. The summed E-state index contributed by atoms with van der Waals surface area (Å²) in [6, 6.07) is 6.69. The largest absolute Gasteiger partial charge is 0.411 e. The Bertz CT molecular complexity index is 747. The van der Waals surface area contributed by atoms with Crippen LogP contribution >= 0.6 is 0 Å². The minimum atomic E-state index is -4.34. The van der Waals surface area contributed by atoms with Gasteiger partial charge in [-0.05, 0) is 50.0 Å². The number of carbonyl (C=O) groups is 2. The van der Waals surface area contributed by atoms with Crippen LogP contribution in [0.25, 0.3) is 0 Å². The van der Waals surface area contributed by atoms with Crippen LogP contribution < -0.4 is 10.6 Å². The van der Waals surface area contributed by atoms with Gasteiger partial charge in [0, 0.05) is 32.1 Å². The van der Waals surface area contributed by atoms with Crippen LogP contribution in [0.15, 0.2) is 24.3 Å². The number of halogens is 3. The molecule has 0 aromatic heterocycles. The Labute approximate surface area is 200 Å². The Morgan fingerprint density at radius 2 is 1.68 bits per heavy atom. The number of nitrogens with one attached hydrogen (secondary N) is 2. The quantitative estimate of drug-likeness (QED) is 0.444. The van der Waals surface area contributed by atoms with Crippen LogP contribution in [0.5, 0.6) is 0 Å². The molecule has 0 aliphatic carbocycles. The van der Waals surface area contributed by atoms with E-state index in [1.54, 1.807) is 29.2 Å². The van der Waals surface area contributed by atoms with Crippen LogP contribution in [0.1, 0.15) is 44.2 Å². The molecule has 1 aliphatic rings. The van der Waals surface area contributed by atoms with E-state index < -0.39 is 12.8 Å². The minimum absolute atomic E-state index is 0.0652. The molecule has 10 heteroatoms. The van der Waals surface area contributed by atoms with Crippen LogP contribution in [0.3, 0.4) is 0 Å². The molecule has 1 aliphatic heterocycles. The third-order valence-corrected chi connectivity index (χ3v) is 6.00. The van der Waals surface area contributed by atoms with Crippen molar-refractivity contribution >= 4 is 11.9 Å². The molecule has 3 amide bonds. The van der Waals surface area contributed by atoms with Crippen molar-refractivity contribution in [2.75, 3.05) is 45.9 Å². The third-order valence-electron chi connectivity index (χ3n) is 6.00. The zero-order valence-electron chi connectivity index (χ0n) is 20.1. The van der Waals surface area contributed by atoms with Gasteiger partial charge in [0.25, 0.3) is 0 Å². The van der Waals surface area contributed by atoms with E-state index in [-0.39, 0.29) is 24.5 Å². The fraction of sp³-hybridized carbons (Fsp3) is 0.667. The first-order valence-electron chi connectivity index (χ1n) is 12.0. The predicted molar refractivity (Wildman–Crippen MR) is 124 cm³/mol. The maximum atomic E-state index is 12.5. The highest BCUT2D eigenvalue weighted by atomic mass is 19.4. The van der Waals surface area contributed by atoms with Gasteiger partial charge in [-0.25, -0.2) is 4.79 Å². The fourth-order valence-corrected chi connectivity index (χ4v) is 3.87. The molecule has 192 valence electrons. The molecule has 1 aromatic rings. The molecule has 2 N–H and O–H groups in total. The van der Waals surface area contributed by atoms with Gasteiger partial charge in [-0.3, -0.25) is 4.79 Å². The van der Waals surface area contributed by atoms with Crippen LogP contribution in [0.4, 0.5) is 18.0 Å². The van der Waals surface area contributed by atoms with Crippen molar-refractivity contribution in [3.8, 4) is 0 Å². The number of rotatable bonds is 12. The summed E-state index contributed by atoms with van der Waals surface area (Å²) >= 11 is 0. The van der Waals surface area contributed by atoms with E-state index in [0.717, 1.165) is 31.6 Å². The molecule has 2 rings (SSSR count). The van der Waals surface area contributed by atoms with E-state index in [1.165, 1.54) is 0 Å². The summed E-state index contributed by atoms with van der Waals surface area (Å²) in [5.74, 6) is 0.00326. The van der Waals surface area contributed by atoms with E-state index >= 15 is 0 Å². The smallest absolute Gasteiger partial charge is 0.367 e. The number of carbonyl (C=O) groups excluding carboxylic acids is 2. The van der Waals surface area contributed by atoms with Gasteiger partial charge in [0.15, 0.2) is 0 Å². The van der Waals surface area contributed by atoms with Crippen molar-refractivity contribution in [2.24, 2.45) is 5.92 Å². The average Bonchev–Trinajstić information content (AvgIpc) is 2.82. The Balaban J connectivity index is 1.63. The third kappa shape index (κ3) is 10.3. The standard InChI is InChI=1S/C24H37F3N4O3/c1-3-30(4-2)13-5-12-28-22(32)21-10-14-31(15-11-21)23(33)29-16-19-6-8-20(9-7-19)17-34-18-24(25,26)27/h6-9,21H,3-5,10-18H2,1-2H3,(H,28,32)(H,29,33). The second kappa shape index (κ2) is 14.2. The van der Waals surface area contributed by atoms with E-state index in [1.807, 2.05) is 0 Å². The molecule has 34 heavy (non-hydrogen) atoms. The zero-order valence-corrected chi connectivity index (χ0v) is 20.1. The molecule has 0 saturated carbocycles. The lowest BCUT2D eigenvalue weighted by Gasteiger charge is -2.31. The van der Waals surface area contributed by atoms with Gasteiger partial charge in [-0.2, -0.15) is 13.2 Å². The lowest BCUT2D eigenvalue weighted by atomic mass is 9.96. The summed E-state index contributed by atoms with van der Waals surface area (Å²) in [7, 11) is 0.